The molecule has 14 heteroatoms. The van der Waals surface area contributed by atoms with Crippen molar-refractivity contribution in [1.29, 1.82) is 0 Å². The van der Waals surface area contributed by atoms with E-state index in [-0.39, 0.29) is 16.6 Å². The van der Waals surface area contributed by atoms with Crippen molar-refractivity contribution in [2.24, 2.45) is 0 Å². The van der Waals surface area contributed by atoms with Gasteiger partial charge in [-0.3, -0.25) is 14.3 Å². The van der Waals surface area contributed by atoms with Gasteiger partial charge in [0.2, 0.25) is 5.95 Å². The van der Waals surface area contributed by atoms with Crippen molar-refractivity contribution < 1.29 is 23.4 Å². The number of halogens is 1. The van der Waals surface area contributed by atoms with Crippen LogP contribution in [0.4, 0.5) is 16.0 Å². The SMILES string of the molecule is Nc1nc2c(sc(=O)n2CCN2CCN(c3ccc(OCC(=O)O)cc3F)CC2)c2cc(-c3ccco3)nn12. The number of piperazine rings is 1. The number of aromatic nitrogens is 4. The molecule has 1 fully saturated rings. The molecule has 5 heterocycles. The maximum Gasteiger partial charge on any atom is 0.341 e. The van der Waals surface area contributed by atoms with Gasteiger partial charge in [0.05, 0.1) is 17.5 Å². The first-order valence-electron chi connectivity index (χ1n) is 12.2. The molecule has 39 heavy (non-hydrogen) atoms. The first kappa shape index (κ1) is 24.9. The first-order chi connectivity index (χ1) is 18.9. The highest BCUT2D eigenvalue weighted by Gasteiger charge is 2.22. The fourth-order valence-electron chi connectivity index (χ4n) is 4.72. The van der Waals surface area contributed by atoms with Gasteiger partial charge in [0.1, 0.15) is 22.0 Å². The number of aliphatic carboxylic acids is 1. The molecular formula is C25H24FN7O5S. The molecule has 6 rings (SSSR count). The molecule has 1 saturated heterocycles. The Bertz CT molecular complexity index is 1720. The number of nitrogens with zero attached hydrogens (tertiary/aromatic N) is 6. The molecule has 12 nitrogen and oxygen atoms in total. The van der Waals surface area contributed by atoms with E-state index >= 15 is 0 Å². The number of nitrogens with two attached hydrogens (primary N) is 1. The summed E-state index contributed by atoms with van der Waals surface area (Å²) in [7, 11) is 0. The molecule has 0 atom stereocenters. The zero-order valence-electron chi connectivity index (χ0n) is 20.6. The summed E-state index contributed by atoms with van der Waals surface area (Å²) >= 11 is 1.11. The molecule has 1 aliphatic heterocycles. The number of furan rings is 1. The van der Waals surface area contributed by atoms with Crippen LogP contribution in [-0.2, 0) is 11.3 Å². The van der Waals surface area contributed by atoms with Crippen molar-refractivity contribution in [1.82, 2.24) is 24.1 Å². The first-order valence-corrected chi connectivity index (χ1v) is 13.0. The normalized spacial score (nSPS) is 14.4. The molecule has 202 valence electrons. The van der Waals surface area contributed by atoms with Crippen LogP contribution in [0.5, 0.6) is 5.75 Å². The number of carbonyl (C=O) groups is 1. The number of hydrogen-bond donors (Lipinski definition) is 2. The smallest absolute Gasteiger partial charge is 0.341 e. The topological polar surface area (TPSA) is 144 Å². The summed E-state index contributed by atoms with van der Waals surface area (Å²) in [4.78, 5) is 32.1. The summed E-state index contributed by atoms with van der Waals surface area (Å²) in [5.74, 6) is -0.642. The fourth-order valence-corrected chi connectivity index (χ4v) is 5.68. The van der Waals surface area contributed by atoms with Crippen LogP contribution in [0, 0.1) is 5.82 Å². The lowest BCUT2D eigenvalue weighted by molar-refractivity contribution is -0.139. The van der Waals surface area contributed by atoms with E-state index in [0.29, 0.717) is 72.3 Å². The Hall–Kier alpha value is -4.43. The van der Waals surface area contributed by atoms with Crippen LogP contribution >= 0.6 is 11.3 Å². The van der Waals surface area contributed by atoms with Gasteiger partial charge in [-0.1, -0.05) is 11.3 Å². The lowest BCUT2D eigenvalue weighted by Gasteiger charge is -2.36. The van der Waals surface area contributed by atoms with Gasteiger partial charge in [-0.2, -0.15) is 14.6 Å². The van der Waals surface area contributed by atoms with Gasteiger partial charge in [0, 0.05) is 45.3 Å². The number of fused-ring (bicyclic) bond motifs is 3. The average molecular weight is 554 g/mol. The Kier molecular flexibility index (Phi) is 6.40. The van der Waals surface area contributed by atoms with Crippen molar-refractivity contribution in [3.8, 4) is 17.2 Å². The Labute approximate surface area is 224 Å². The number of anilines is 2. The number of nitrogen functional groups attached to an aromatic ring is 1. The number of rotatable bonds is 8. The lowest BCUT2D eigenvalue weighted by atomic mass is 10.2. The predicted molar refractivity (Wildman–Crippen MR) is 143 cm³/mol. The molecule has 0 unspecified atom stereocenters. The molecule has 1 aliphatic rings. The molecule has 0 spiro atoms. The Morgan fingerprint density at radius 2 is 2.00 bits per heavy atom. The number of ether oxygens (including phenoxy) is 1. The summed E-state index contributed by atoms with van der Waals surface area (Å²) < 4.78 is 29.0. The fraction of sp³-hybridized carbons (Fsp3) is 0.280. The summed E-state index contributed by atoms with van der Waals surface area (Å²) in [6, 6.07) is 9.78. The van der Waals surface area contributed by atoms with Gasteiger partial charge in [0.15, 0.2) is 18.0 Å². The molecule has 0 radical (unpaired) electrons. The molecule has 3 N–H and O–H groups in total. The van der Waals surface area contributed by atoms with E-state index in [4.69, 9.17) is 20.0 Å². The van der Waals surface area contributed by atoms with E-state index < -0.39 is 18.4 Å². The zero-order valence-corrected chi connectivity index (χ0v) is 21.4. The molecule has 0 bridgehead atoms. The third-order valence-electron chi connectivity index (χ3n) is 6.66. The summed E-state index contributed by atoms with van der Waals surface area (Å²) in [5, 5.41) is 13.2. The monoisotopic (exact) mass is 553 g/mol. The second-order valence-electron chi connectivity index (χ2n) is 9.07. The molecule has 0 aliphatic carbocycles. The van der Waals surface area contributed by atoms with E-state index in [1.54, 1.807) is 35.1 Å². The predicted octanol–water partition coefficient (Wildman–Crippen LogP) is 2.37. The van der Waals surface area contributed by atoms with E-state index in [9.17, 15) is 14.0 Å². The van der Waals surface area contributed by atoms with E-state index in [1.165, 1.54) is 10.6 Å². The van der Waals surface area contributed by atoms with Gasteiger partial charge in [-0.15, -0.1) is 0 Å². The molecule has 0 amide bonds. The highest BCUT2D eigenvalue weighted by molar-refractivity contribution is 7.17. The number of carboxylic acids is 1. The van der Waals surface area contributed by atoms with E-state index in [1.807, 2.05) is 11.0 Å². The number of carboxylic acid groups (broad SMARTS) is 1. The van der Waals surface area contributed by atoms with Crippen molar-refractivity contribution >= 4 is 44.8 Å². The summed E-state index contributed by atoms with van der Waals surface area (Å²) in [6.45, 7) is 3.09. The Morgan fingerprint density at radius 3 is 2.72 bits per heavy atom. The molecule has 4 aromatic heterocycles. The maximum absolute atomic E-state index is 14.7. The Morgan fingerprint density at radius 1 is 1.18 bits per heavy atom. The number of thiazole rings is 1. The van der Waals surface area contributed by atoms with Crippen LogP contribution in [0.3, 0.4) is 0 Å². The number of benzene rings is 1. The van der Waals surface area contributed by atoms with Crippen LogP contribution < -0.4 is 20.2 Å². The van der Waals surface area contributed by atoms with Crippen molar-refractivity contribution in [3.05, 3.63) is 58.1 Å². The van der Waals surface area contributed by atoms with Crippen LogP contribution in [0.2, 0.25) is 0 Å². The second-order valence-corrected chi connectivity index (χ2v) is 10.0. The Balaban J connectivity index is 1.14. The van der Waals surface area contributed by atoms with Gasteiger partial charge in [0.25, 0.3) is 0 Å². The van der Waals surface area contributed by atoms with E-state index in [2.05, 4.69) is 15.0 Å². The van der Waals surface area contributed by atoms with Crippen LogP contribution in [-0.4, -0.2) is 74.5 Å². The highest BCUT2D eigenvalue weighted by Crippen LogP contribution is 2.29. The molecule has 0 saturated carbocycles. The lowest BCUT2D eigenvalue weighted by Crippen LogP contribution is -2.47. The number of hydrogen-bond acceptors (Lipinski definition) is 10. The highest BCUT2D eigenvalue weighted by atomic mass is 32.1. The van der Waals surface area contributed by atoms with Crippen molar-refractivity contribution in [2.45, 2.75) is 6.54 Å². The van der Waals surface area contributed by atoms with Crippen LogP contribution in [0.25, 0.3) is 27.3 Å². The maximum atomic E-state index is 14.7. The third kappa shape index (κ3) is 4.79. The summed E-state index contributed by atoms with van der Waals surface area (Å²) in [6.07, 6.45) is 1.57. The van der Waals surface area contributed by atoms with Gasteiger partial charge in [-0.25, -0.2) is 9.18 Å². The minimum absolute atomic E-state index is 0.128. The zero-order chi connectivity index (χ0) is 27.1. The van der Waals surface area contributed by atoms with E-state index in [0.717, 1.165) is 11.3 Å². The van der Waals surface area contributed by atoms with Gasteiger partial charge < -0.3 is 24.9 Å². The third-order valence-corrected chi connectivity index (χ3v) is 7.65. The molecular weight excluding hydrogens is 529 g/mol. The van der Waals surface area contributed by atoms with Crippen molar-refractivity contribution in [2.75, 3.05) is 50.0 Å². The minimum atomic E-state index is -1.12. The molecule has 1 aromatic carbocycles. The van der Waals surface area contributed by atoms with Crippen LogP contribution in [0.1, 0.15) is 0 Å². The quantitative estimate of drug-likeness (QED) is 0.294. The van der Waals surface area contributed by atoms with Gasteiger partial charge in [-0.05, 0) is 30.3 Å². The second kappa shape index (κ2) is 10.0. The van der Waals surface area contributed by atoms with Crippen LogP contribution in [0.15, 0.2) is 51.9 Å². The largest absolute Gasteiger partial charge is 0.482 e. The van der Waals surface area contributed by atoms with Crippen molar-refractivity contribution in [3.63, 3.8) is 0 Å². The minimum Gasteiger partial charge on any atom is -0.482 e. The average Bonchev–Trinajstić information content (AvgIpc) is 3.66. The van der Waals surface area contributed by atoms with Gasteiger partial charge >= 0.3 is 10.8 Å². The summed E-state index contributed by atoms with van der Waals surface area (Å²) in [5.41, 5.74) is 8.45. The molecule has 5 aromatic rings. The standard InChI is InChI=1S/C25H24FN7O5S/c26-16-12-15(38-14-21(34)35)3-4-18(16)31-8-5-30(6-9-31)7-10-32-23-22(39-25(32)36)19-13-17(20-2-1-11-37-20)29-33(19)24(27)28-23/h1-4,11-13H,5-10,14H2,(H2,27,28)(H,34,35).